The Kier molecular flexibility index (Phi) is 5.92. The van der Waals surface area contributed by atoms with E-state index < -0.39 is 10.2 Å². The molecule has 0 heterocycles. The van der Waals surface area contributed by atoms with Gasteiger partial charge in [-0.25, -0.2) is 0 Å². The van der Waals surface area contributed by atoms with Gasteiger partial charge in [0, 0.05) is 34.8 Å². The molecule has 0 aliphatic rings. The summed E-state index contributed by atoms with van der Waals surface area (Å²) in [5.74, 6) is 0. The zero-order valence-electron chi connectivity index (χ0n) is 8.90. The Morgan fingerprint density at radius 3 is 2.21 bits per heavy atom. The molecular formula is C7H17ClN2O3S. The zero-order valence-corrected chi connectivity index (χ0v) is 10.5. The molecule has 0 aromatic carbocycles. The predicted molar refractivity (Wildman–Crippen MR) is 56.8 cm³/mol. The van der Waals surface area contributed by atoms with Gasteiger partial charge in [0.05, 0.1) is 12.0 Å². The summed E-state index contributed by atoms with van der Waals surface area (Å²) in [6, 6.07) is 0. The minimum absolute atomic E-state index is 0.232. The van der Waals surface area contributed by atoms with Crippen molar-refractivity contribution in [3.05, 3.63) is 0 Å². The van der Waals surface area contributed by atoms with Crippen molar-refractivity contribution in [2.24, 2.45) is 0 Å². The fraction of sp³-hybridized carbons (Fsp3) is 1.00. The monoisotopic (exact) mass is 244 g/mol. The first-order valence-corrected chi connectivity index (χ1v) is 5.92. The van der Waals surface area contributed by atoms with E-state index in [2.05, 4.69) is 0 Å². The second kappa shape index (κ2) is 5.87. The van der Waals surface area contributed by atoms with Gasteiger partial charge in [-0.1, -0.05) is 0 Å². The summed E-state index contributed by atoms with van der Waals surface area (Å²) < 4.78 is 30.2. The van der Waals surface area contributed by atoms with Crippen molar-refractivity contribution < 1.29 is 13.2 Å². The molecule has 0 saturated carbocycles. The van der Waals surface area contributed by atoms with Crippen molar-refractivity contribution in [1.82, 2.24) is 8.61 Å². The first-order valence-electron chi connectivity index (χ1n) is 4.09. The van der Waals surface area contributed by atoms with E-state index in [0.717, 1.165) is 4.31 Å². The van der Waals surface area contributed by atoms with Gasteiger partial charge >= 0.3 is 0 Å². The molecule has 0 radical (unpaired) electrons. The van der Waals surface area contributed by atoms with Crippen molar-refractivity contribution in [2.75, 3.05) is 41.4 Å². The predicted octanol–water partition coefficient (Wildman–Crippen LogP) is -0.0216. The van der Waals surface area contributed by atoms with Gasteiger partial charge < -0.3 is 4.74 Å². The molecule has 1 unspecified atom stereocenters. The van der Waals surface area contributed by atoms with Crippen LogP contribution in [0.2, 0.25) is 0 Å². The molecule has 0 aliphatic heterocycles. The lowest BCUT2D eigenvalue weighted by Crippen LogP contribution is -2.41. The third kappa shape index (κ3) is 4.10. The van der Waals surface area contributed by atoms with Gasteiger partial charge in [-0.15, -0.1) is 11.6 Å². The maximum absolute atomic E-state index is 11.5. The third-order valence-corrected chi connectivity index (χ3v) is 3.78. The highest BCUT2D eigenvalue weighted by Crippen LogP contribution is 2.05. The molecule has 0 N–H and O–H groups in total. The van der Waals surface area contributed by atoms with Crippen LogP contribution in [-0.2, 0) is 14.9 Å². The second-order valence-corrected chi connectivity index (χ2v) is 5.99. The van der Waals surface area contributed by atoms with Gasteiger partial charge in [-0.3, -0.25) is 0 Å². The van der Waals surface area contributed by atoms with Crippen LogP contribution >= 0.6 is 11.6 Å². The summed E-state index contributed by atoms with van der Waals surface area (Å²) in [5, 5.41) is -0.334. The van der Waals surface area contributed by atoms with Crippen LogP contribution in [0.5, 0.6) is 0 Å². The quantitative estimate of drug-likeness (QED) is 0.617. The average molecular weight is 245 g/mol. The molecular weight excluding hydrogens is 228 g/mol. The standard InChI is InChI=1S/C7H17ClN2O3S/c1-9(2)14(11,12)10(3)5-7(8)6-13-4/h7H,5-6H2,1-4H3. The first-order chi connectivity index (χ1) is 6.32. The van der Waals surface area contributed by atoms with Gasteiger partial charge in [0.15, 0.2) is 0 Å². The molecule has 0 aromatic rings. The van der Waals surface area contributed by atoms with E-state index in [9.17, 15) is 8.42 Å². The summed E-state index contributed by atoms with van der Waals surface area (Å²) in [6.45, 7) is 0.560. The van der Waals surface area contributed by atoms with Crippen LogP contribution in [0.15, 0.2) is 0 Å². The largest absolute Gasteiger partial charge is 0.383 e. The molecule has 0 aliphatic carbocycles. The molecule has 7 heteroatoms. The van der Waals surface area contributed by atoms with Crippen molar-refractivity contribution in [3.8, 4) is 0 Å². The Balaban J connectivity index is 4.28. The van der Waals surface area contributed by atoms with Crippen molar-refractivity contribution >= 4 is 21.8 Å². The van der Waals surface area contributed by atoms with Crippen LogP contribution in [0.1, 0.15) is 0 Å². The molecule has 0 spiro atoms. The van der Waals surface area contributed by atoms with Crippen LogP contribution in [0.25, 0.3) is 0 Å². The number of hydrogen-bond donors (Lipinski definition) is 0. The second-order valence-electron chi connectivity index (χ2n) is 3.12. The Bertz CT molecular complexity index is 256. The number of rotatable bonds is 6. The van der Waals surface area contributed by atoms with Crippen molar-refractivity contribution in [2.45, 2.75) is 5.38 Å². The molecule has 0 bridgehead atoms. The van der Waals surface area contributed by atoms with Gasteiger partial charge in [0.25, 0.3) is 10.2 Å². The summed E-state index contributed by atoms with van der Waals surface area (Å²) in [4.78, 5) is 0. The van der Waals surface area contributed by atoms with Crippen LogP contribution in [-0.4, -0.2) is 63.8 Å². The lowest BCUT2D eigenvalue weighted by atomic mass is 10.4. The van der Waals surface area contributed by atoms with Crippen LogP contribution in [0.3, 0.4) is 0 Å². The highest BCUT2D eigenvalue weighted by atomic mass is 35.5. The maximum Gasteiger partial charge on any atom is 0.281 e. The van der Waals surface area contributed by atoms with E-state index in [-0.39, 0.29) is 11.9 Å². The van der Waals surface area contributed by atoms with E-state index in [0.29, 0.717) is 6.61 Å². The third-order valence-electron chi connectivity index (χ3n) is 1.66. The molecule has 0 rings (SSSR count). The normalized spacial score (nSPS) is 15.1. The Morgan fingerprint density at radius 1 is 1.36 bits per heavy atom. The zero-order chi connectivity index (χ0) is 11.4. The fourth-order valence-corrected chi connectivity index (χ4v) is 2.23. The number of hydrogen-bond acceptors (Lipinski definition) is 3. The SMILES string of the molecule is COCC(Cl)CN(C)S(=O)(=O)N(C)C. The Morgan fingerprint density at radius 2 is 1.86 bits per heavy atom. The van der Waals surface area contributed by atoms with Crippen molar-refractivity contribution in [1.29, 1.82) is 0 Å². The van der Waals surface area contributed by atoms with Gasteiger partial charge in [0.1, 0.15) is 0 Å². The van der Waals surface area contributed by atoms with E-state index >= 15 is 0 Å². The lowest BCUT2D eigenvalue weighted by Gasteiger charge is -2.23. The summed E-state index contributed by atoms with van der Waals surface area (Å²) in [7, 11) is 2.60. The van der Waals surface area contributed by atoms with Gasteiger partial charge in [-0.2, -0.15) is 17.0 Å². The lowest BCUT2D eigenvalue weighted by molar-refractivity contribution is 0.192. The first kappa shape index (κ1) is 14.1. The Hall–Kier alpha value is 0.120. The summed E-state index contributed by atoms with van der Waals surface area (Å²) in [6.07, 6.45) is 0. The number of halogens is 1. The van der Waals surface area contributed by atoms with Crippen LogP contribution in [0, 0.1) is 0 Å². The smallest absolute Gasteiger partial charge is 0.281 e. The summed E-state index contributed by atoms with van der Waals surface area (Å²) in [5.41, 5.74) is 0. The molecule has 86 valence electrons. The fourth-order valence-electron chi connectivity index (χ4n) is 0.885. The van der Waals surface area contributed by atoms with Gasteiger partial charge in [0.2, 0.25) is 0 Å². The van der Waals surface area contributed by atoms with Crippen LogP contribution < -0.4 is 0 Å². The molecule has 14 heavy (non-hydrogen) atoms. The Labute approximate surface area is 90.8 Å². The number of ether oxygens (including phenoxy) is 1. The minimum Gasteiger partial charge on any atom is -0.383 e. The molecule has 0 fully saturated rings. The molecule has 0 amide bonds. The number of nitrogens with zero attached hydrogens (tertiary/aromatic N) is 2. The van der Waals surface area contributed by atoms with Crippen molar-refractivity contribution in [3.63, 3.8) is 0 Å². The summed E-state index contributed by atoms with van der Waals surface area (Å²) >= 11 is 5.84. The topological polar surface area (TPSA) is 49.9 Å². The van der Waals surface area contributed by atoms with E-state index in [1.165, 1.54) is 32.6 Å². The molecule has 5 nitrogen and oxygen atoms in total. The highest BCUT2D eigenvalue weighted by molar-refractivity contribution is 7.86. The molecule has 1 atom stereocenters. The van der Waals surface area contributed by atoms with E-state index in [1.807, 2.05) is 0 Å². The average Bonchev–Trinajstić information content (AvgIpc) is 2.03. The number of methoxy groups -OCH3 is 1. The minimum atomic E-state index is -3.36. The number of alkyl halides is 1. The van der Waals surface area contributed by atoms with Crippen LogP contribution in [0.4, 0.5) is 0 Å². The molecule has 0 saturated heterocycles. The maximum atomic E-state index is 11.5. The van der Waals surface area contributed by atoms with Gasteiger partial charge in [-0.05, 0) is 0 Å². The van der Waals surface area contributed by atoms with E-state index in [4.69, 9.17) is 16.3 Å². The molecule has 0 aromatic heterocycles. The van der Waals surface area contributed by atoms with E-state index in [1.54, 1.807) is 0 Å². The highest BCUT2D eigenvalue weighted by Gasteiger charge is 2.22.